The molecule has 0 saturated carbocycles. The number of benzene rings is 4. The van der Waals surface area contributed by atoms with E-state index in [1.54, 1.807) is 26.0 Å². The van der Waals surface area contributed by atoms with Crippen LogP contribution < -0.4 is 9.47 Å². The molecule has 0 aliphatic carbocycles. The van der Waals surface area contributed by atoms with Gasteiger partial charge in [0.25, 0.3) is 20.2 Å². The molecule has 0 heterocycles. The van der Waals surface area contributed by atoms with E-state index in [4.69, 9.17) is 9.47 Å². The average Bonchev–Trinajstić information content (AvgIpc) is 3.11. The fourth-order valence-corrected chi connectivity index (χ4v) is 7.22. The Labute approximate surface area is 321 Å². The summed E-state index contributed by atoms with van der Waals surface area (Å²) in [5.74, 6) is -2.22. The van der Waals surface area contributed by atoms with Gasteiger partial charge in [0.2, 0.25) is 5.41 Å². The van der Waals surface area contributed by atoms with Crippen molar-refractivity contribution in [3.05, 3.63) is 113 Å². The maximum Gasteiger partial charge on any atom is 0.411 e. The number of carbonyl (C=O) groups is 1. The molecule has 56 heavy (non-hydrogen) atoms. The zero-order valence-electron chi connectivity index (χ0n) is 31.0. The maximum atomic E-state index is 15.1. The van der Waals surface area contributed by atoms with Gasteiger partial charge in [-0.3, -0.25) is 13.9 Å². The van der Waals surface area contributed by atoms with E-state index < -0.39 is 81.8 Å². The summed E-state index contributed by atoms with van der Waals surface area (Å²) in [6.07, 6.45) is -11.4. The Balaban J connectivity index is 1.83. The van der Waals surface area contributed by atoms with Crippen LogP contribution in [0.1, 0.15) is 93.4 Å². The normalized spacial score (nSPS) is 13.4. The van der Waals surface area contributed by atoms with Gasteiger partial charge in [-0.1, -0.05) is 71.0 Å². The van der Waals surface area contributed by atoms with Crippen molar-refractivity contribution in [3.63, 3.8) is 0 Å². The minimum atomic E-state index is -6.35. The molecule has 0 aliphatic rings. The van der Waals surface area contributed by atoms with E-state index in [0.717, 1.165) is 12.0 Å². The molecule has 9 nitrogen and oxygen atoms in total. The van der Waals surface area contributed by atoms with Crippen molar-refractivity contribution in [3.8, 4) is 17.2 Å². The van der Waals surface area contributed by atoms with Gasteiger partial charge in [0.15, 0.2) is 5.78 Å². The van der Waals surface area contributed by atoms with E-state index in [1.807, 2.05) is 19.1 Å². The van der Waals surface area contributed by atoms with Crippen LogP contribution in [-0.2, 0) is 31.1 Å². The molecule has 0 bridgehead atoms. The average molecular weight is 831 g/mol. The van der Waals surface area contributed by atoms with Crippen LogP contribution in [0.3, 0.4) is 0 Å². The van der Waals surface area contributed by atoms with Crippen molar-refractivity contribution in [2.75, 3.05) is 0 Å². The minimum Gasteiger partial charge on any atom is -0.486 e. The van der Waals surface area contributed by atoms with Crippen LogP contribution in [0.15, 0.2) is 94.7 Å². The summed E-state index contributed by atoms with van der Waals surface area (Å²) in [4.78, 5) is 10.2. The highest BCUT2D eigenvalue weighted by molar-refractivity contribution is 7.86. The number of ether oxygens (including phenoxy) is 2. The first-order valence-corrected chi connectivity index (χ1v) is 20.0. The van der Waals surface area contributed by atoms with E-state index >= 15 is 26.3 Å². The molecular weight excluding hydrogens is 791 g/mol. The molecule has 4 rings (SSSR count). The Hall–Kier alpha value is -4.45. The fourth-order valence-electron chi connectivity index (χ4n) is 5.94. The molecule has 0 aromatic heterocycles. The third kappa shape index (κ3) is 8.75. The Morgan fingerprint density at radius 1 is 0.589 bits per heavy atom. The van der Waals surface area contributed by atoms with E-state index in [1.165, 1.54) is 31.2 Å². The number of carbonyl (C=O) groups excluding carboxylic acids is 1. The number of hydrogen-bond donors (Lipinski definition) is 2. The van der Waals surface area contributed by atoms with Crippen molar-refractivity contribution < 1.29 is 66.6 Å². The van der Waals surface area contributed by atoms with Crippen LogP contribution in [0, 0.1) is 0 Å². The fraction of sp³-hybridized carbons (Fsp3) is 0.359. The topological polar surface area (TPSA) is 144 Å². The zero-order chi connectivity index (χ0) is 42.3. The number of hydrogen-bond acceptors (Lipinski definition) is 7. The zero-order valence-corrected chi connectivity index (χ0v) is 32.7. The predicted molar refractivity (Wildman–Crippen MR) is 195 cm³/mol. The van der Waals surface area contributed by atoms with E-state index in [-0.39, 0.29) is 47.8 Å². The second-order valence-corrected chi connectivity index (χ2v) is 16.8. The van der Waals surface area contributed by atoms with Gasteiger partial charge >= 0.3 is 12.4 Å². The molecule has 0 spiro atoms. The third-order valence-corrected chi connectivity index (χ3v) is 11.9. The first kappa shape index (κ1) is 44.3. The van der Waals surface area contributed by atoms with Crippen molar-refractivity contribution in [2.45, 2.75) is 99.4 Å². The monoisotopic (exact) mass is 830 g/mol. The Morgan fingerprint density at radius 2 is 0.982 bits per heavy atom. The summed E-state index contributed by atoms with van der Waals surface area (Å²) in [6, 6.07) is 13.4. The van der Waals surface area contributed by atoms with E-state index in [2.05, 4.69) is 13.8 Å². The van der Waals surface area contributed by atoms with E-state index in [9.17, 15) is 30.7 Å². The molecule has 0 saturated heterocycles. The van der Waals surface area contributed by atoms with Gasteiger partial charge < -0.3 is 9.47 Å². The van der Waals surface area contributed by atoms with Crippen LogP contribution in [0.5, 0.6) is 17.2 Å². The van der Waals surface area contributed by atoms with E-state index in [0.29, 0.717) is 23.8 Å². The van der Waals surface area contributed by atoms with Crippen LogP contribution in [0.4, 0.5) is 26.3 Å². The molecule has 0 amide bonds. The van der Waals surface area contributed by atoms with Crippen molar-refractivity contribution in [2.24, 2.45) is 0 Å². The van der Waals surface area contributed by atoms with Crippen LogP contribution in [0.25, 0.3) is 0 Å². The smallest absolute Gasteiger partial charge is 0.411 e. The lowest BCUT2D eigenvalue weighted by atomic mass is 9.73. The Morgan fingerprint density at radius 3 is 1.38 bits per heavy atom. The SMILES string of the molecule is CCC(C)(CC)Oc1ccc(C(c2ccc(Oc3ccc(C(=O)c4ccc(C(C)(C)CC)cc4)cc3)c(S(=O)(=O)O)c2)(C(F)(F)F)C(F)(F)F)cc1S(=O)(=O)O. The van der Waals surface area contributed by atoms with Crippen molar-refractivity contribution >= 4 is 26.0 Å². The standard InChI is InChI=1S/C39H40F6O9S2/c1-7-35(4,5)26-14-10-24(11-15-26)34(46)25-12-18-29(19-13-25)53-30-20-16-27(22-32(30)55(47,48)49)37(38(40,41)42,39(43,44)45)28-17-21-31(33(23-28)56(50,51)52)54-36(6,8-2)9-3/h10-23H,7-9H2,1-6H3,(H,47,48,49)(H,50,51,52). The summed E-state index contributed by atoms with van der Waals surface area (Å²) in [5, 5.41) is 0. The third-order valence-electron chi connectivity index (χ3n) is 10.2. The van der Waals surface area contributed by atoms with Gasteiger partial charge in [0.05, 0.1) is 0 Å². The molecular formula is C39H40F6O9S2. The molecule has 0 unspecified atom stereocenters. The maximum absolute atomic E-state index is 15.1. The highest BCUT2D eigenvalue weighted by Gasteiger charge is 2.73. The van der Waals surface area contributed by atoms with Gasteiger partial charge in [-0.15, -0.1) is 0 Å². The van der Waals surface area contributed by atoms with Crippen molar-refractivity contribution in [1.82, 2.24) is 0 Å². The van der Waals surface area contributed by atoms with Crippen LogP contribution in [0.2, 0.25) is 0 Å². The molecule has 0 atom stereocenters. The van der Waals surface area contributed by atoms with Crippen molar-refractivity contribution in [1.29, 1.82) is 0 Å². The van der Waals surface area contributed by atoms with Crippen LogP contribution in [-0.4, -0.2) is 49.7 Å². The first-order valence-electron chi connectivity index (χ1n) is 17.1. The van der Waals surface area contributed by atoms with Crippen LogP contribution >= 0.6 is 0 Å². The number of halogens is 6. The molecule has 0 aliphatic heterocycles. The largest absolute Gasteiger partial charge is 0.486 e. The highest BCUT2D eigenvalue weighted by atomic mass is 32.2. The second kappa shape index (κ2) is 15.5. The molecule has 0 fully saturated rings. The first-order chi connectivity index (χ1) is 25.6. The molecule has 17 heteroatoms. The molecule has 0 radical (unpaired) electrons. The summed E-state index contributed by atoms with van der Waals surface area (Å²) in [7, 11) is -11.1. The number of alkyl halides is 6. The van der Waals surface area contributed by atoms with Gasteiger partial charge in [-0.05, 0) is 96.8 Å². The Kier molecular flexibility index (Phi) is 12.2. The number of rotatable bonds is 14. The Bertz CT molecular complexity index is 2280. The predicted octanol–water partition coefficient (Wildman–Crippen LogP) is 10.3. The number of ketones is 1. The lowest BCUT2D eigenvalue weighted by Gasteiger charge is -2.39. The summed E-state index contributed by atoms with van der Waals surface area (Å²) < 4.78 is 172. The highest BCUT2D eigenvalue weighted by Crippen LogP contribution is 2.57. The van der Waals surface area contributed by atoms with Gasteiger partial charge in [0, 0.05) is 11.1 Å². The molecule has 2 N–H and O–H groups in total. The van der Waals surface area contributed by atoms with Gasteiger partial charge in [-0.25, -0.2) is 0 Å². The lowest BCUT2D eigenvalue weighted by molar-refractivity contribution is -0.288. The molecule has 4 aromatic rings. The minimum absolute atomic E-state index is 0.0436. The summed E-state index contributed by atoms with van der Waals surface area (Å²) in [5.41, 5.74) is -8.44. The lowest BCUT2D eigenvalue weighted by Crippen LogP contribution is -2.55. The molecule has 4 aromatic carbocycles. The second-order valence-electron chi connectivity index (χ2n) is 14.0. The summed E-state index contributed by atoms with van der Waals surface area (Å²) in [6.45, 7) is 10.9. The van der Waals surface area contributed by atoms with Gasteiger partial charge in [0.1, 0.15) is 32.6 Å². The summed E-state index contributed by atoms with van der Waals surface area (Å²) >= 11 is 0. The van der Waals surface area contributed by atoms with Gasteiger partial charge in [-0.2, -0.15) is 43.2 Å². The molecule has 304 valence electrons. The quantitative estimate of drug-likeness (QED) is 0.0721.